The predicted octanol–water partition coefficient (Wildman–Crippen LogP) is 4.76. The molecule has 1 N–H and O–H groups in total. The standard InChI is InChI=1S/C21H29N3O2S/c1-14(2)18-11-19(15(3)4)21(20(12-18)16(5)6)27(25,26)24-23-13-17-7-9-22-10-8-17/h7-16,24H,1-6H3/b23-13+. The number of rotatable bonds is 7. The minimum atomic E-state index is -3.79. The van der Waals surface area contributed by atoms with Crippen molar-refractivity contribution in [2.24, 2.45) is 5.10 Å². The first kappa shape index (κ1) is 21.1. The van der Waals surface area contributed by atoms with Crippen molar-refractivity contribution in [3.8, 4) is 0 Å². The van der Waals surface area contributed by atoms with Crippen LogP contribution in [0.25, 0.3) is 0 Å². The van der Waals surface area contributed by atoms with Crippen LogP contribution >= 0.6 is 0 Å². The van der Waals surface area contributed by atoms with Gasteiger partial charge in [-0.2, -0.15) is 13.5 Å². The molecular weight excluding hydrogens is 358 g/mol. The summed E-state index contributed by atoms with van der Waals surface area (Å²) in [6.07, 6.45) is 4.74. The van der Waals surface area contributed by atoms with E-state index in [0.29, 0.717) is 10.8 Å². The van der Waals surface area contributed by atoms with E-state index in [1.54, 1.807) is 24.5 Å². The molecule has 1 aromatic heterocycles. The summed E-state index contributed by atoms with van der Waals surface area (Å²) in [5, 5.41) is 3.96. The molecule has 0 aliphatic rings. The first-order valence-electron chi connectivity index (χ1n) is 9.26. The molecular formula is C21H29N3O2S. The lowest BCUT2D eigenvalue weighted by molar-refractivity contribution is 0.579. The highest BCUT2D eigenvalue weighted by Crippen LogP contribution is 2.34. The van der Waals surface area contributed by atoms with Crippen LogP contribution in [0.5, 0.6) is 0 Å². The number of hydrogen-bond acceptors (Lipinski definition) is 4. The molecule has 0 spiro atoms. The number of pyridine rings is 1. The number of aromatic nitrogens is 1. The normalized spacial score (nSPS) is 12.5. The van der Waals surface area contributed by atoms with Crippen LogP contribution in [0.4, 0.5) is 0 Å². The maximum absolute atomic E-state index is 13.1. The Morgan fingerprint density at radius 2 is 1.44 bits per heavy atom. The second-order valence-electron chi connectivity index (χ2n) is 7.63. The van der Waals surface area contributed by atoms with Gasteiger partial charge in [-0.1, -0.05) is 53.7 Å². The van der Waals surface area contributed by atoms with E-state index in [-0.39, 0.29) is 11.8 Å². The van der Waals surface area contributed by atoms with Gasteiger partial charge in [-0.15, -0.1) is 0 Å². The Hall–Kier alpha value is -2.21. The van der Waals surface area contributed by atoms with Crippen LogP contribution < -0.4 is 4.83 Å². The van der Waals surface area contributed by atoms with Crippen molar-refractivity contribution in [2.75, 3.05) is 0 Å². The molecule has 1 aromatic carbocycles. The van der Waals surface area contributed by atoms with Gasteiger partial charge in [0.05, 0.1) is 11.1 Å². The zero-order valence-electron chi connectivity index (χ0n) is 16.9. The van der Waals surface area contributed by atoms with E-state index in [1.165, 1.54) is 6.21 Å². The lowest BCUT2D eigenvalue weighted by atomic mass is 9.89. The van der Waals surface area contributed by atoms with Gasteiger partial charge >= 0.3 is 0 Å². The third-order valence-electron chi connectivity index (χ3n) is 4.44. The number of nitrogens with zero attached hydrogens (tertiary/aromatic N) is 2. The number of benzene rings is 1. The predicted molar refractivity (Wildman–Crippen MR) is 111 cm³/mol. The van der Waals surface area contributed by atoms with Gasteiger partial charge < -0.3 is 0 Å². The molecule has 0 unspecified atom stereocenters. The summed E-state index contributed by atoms with van der Waals surface area (Å²) in [4.78, 5) is 6.67. The lowest BCUT2D eigenvalue weighted by Gasteiger charge is -2.22. The Labute approximate surface area is 163 Å². The first-order chi connectivity index (χ1) is 12.6. The van der Waals surface area contributed by atoms with Gasteiger partial charge in [-0.3, -0.25) is 4.98 Å². The van der Waals surface area contributed by atoms with E-state index >= 15 is 0 Å². The quantitative estimate of drug-likeness (QED) is 0.550. The van der Waals surface area contributed by atoms with Gasteiger partial charge in [0.25, 0.3) is 10.0 Å². The van der Waals surface area contributed by atoms with E-state index in [0.717, 1.165) is 22.3 Å². The minimum absolute atomic E-state index is 0.0805. The van der Waals surface area contributed by atoms with Crippen LogP contribution in [0.15, 0.2) is 46.7 Å². The van der Waals surface area contributed by atoms with E-state index in [9.17, 15) is 8.42 Å². The first-order valence-corrected chi connectivity index (χ1v) is 10.7. The molecule has 0 bridgehead atoms. The van der Waals surface area contributed by atoms with Crippen molar-refractivity contribution in [1.29, 1.82) is 0 Å². The second kappa shape index (κ2) is 8.65. The molecule has 2 rings (SSSR count). The molecule has 2 aromatic rings. The summed E-state index contributed by atoms with van der Waals surface area (Å²) in [5.74, 6) is 0.489. The molecule has 0 amide bonds. The molecule has 5 nitrogen and oxygen atoms in total. The molecule has 0 saturated carbocycles. The summed E-state index contributed by atoms with van der Waals surface area (Å²) >= 11 is 0. The smallest absolute Gasteiger partial charge is 0.265 e. The number of hydrazone groups is 1. The molecule has 0 aliphatic heterocycles. The summed E-state index contributed by atoms with van der Waals surface area (Å²) < 4.78 is 26.2. The molecule has 6 heteroatoms. The van der Waals surface area contributed by atoms with Crippen molar-refractivity contribution in [1.82, 2.24) is 9.82 Å². The Morgan fingerprint density at radius 1 is 0.926 bits per heavy atom. The fourth-order valence-corrected chi connectivity index (χ4v) is 4.36. The van der Waals surface area contributed by atoms with E-state index < -0.39 is 10.0 Å². The third kappa shape index (κ3) is 5.16. The third-order valence-corrected chi connectivity index (χ3v) is 5.80. The minimum Gasteiger partial charge on any atom is -0.265 e. The van der Waals surface area contributed by atoms with Gasteiger partial charge in [0, 0.05) is 12.4 Å². The van der Waals surface area contributed by atoms with Crippen LogP contribution in [0.1, 0.15) is 81.5 Å². The Balaban J connectivity index is 2.52. The molecule has 1 heterocycles. The SMILES string of the molecule is CC(C)c1cc(C(C)C)c(S(=O)(=O)N/N=C/c2ccncc2)c(C(C)C)c1. The maximum Gasteiger partial charge on any atom is 0.277 e. The number of nitrogens with one attached hydrogen (secondary N) is 1. The van der Waals surface area contributed by atoms with Gasteiger partial charge in [0.15, 0.2) is 0 Å². The Bertz CT molecular complexity index is 873. The molecule has 0 radical (unpaired) electrons. The zero-order valence-corrected chi connectivity index (χ0v) is 17.7. The summed E-state index contributed by atoms with van der Waals surface area (Å²) in [6, 6.07) is 7.55. The average Bonchev–Trinajstić information content (AvgIpc) is 2.61. The van der Waals surface area contributed by atoms with E-state index in [2.05, 4.69) is 28.8 Å². The Morgan fingerprint density at radius 3 is 1.89 bits per heavy atom. The van der Waals surface area contributed by atoms with E-state index in [1.807, 2.05) is 39.8 Å². The lowest BCUT2D eigenvalue weighted by Crippen LogP contribution is -2.23. The maximum atomic E-state index is 13.1. The van der Waals surface area contributed by atoms with Crippen molar-refractivity contribution in [2.45, 2.75) is 64.2 Å². The van der Waals surface area contributed by atoms with Crippen molar-refractivity contribution < 1.29 is 8.42 Å². The highest BCUT2D eigenvalue weighted by molar-refractivity contribution is 7.89. The zero-order chi connectivity index (χ0) is 20.2. The molecule has 27 heavy (non-hydrogen) atoms. The van der Waals surface area contributed by atoms with Crippen LogP contribution in [-0.4, -0.2) is 19.6 Å². The number of hydrogen-bond donors (Lipinski definition) is 1. The van der Waals surface area contributed by atoms with Crippen LogP contribution in [0.3, 0.4) is 0 Å². The van der Waals surface area contributed by atoms with Crippen molar-refractivity contribution >= 4 is 16.2 Å². The molecule has 0 fully saturated rings. The topological polar surface area (TPSA) is 71.4 Å². The molecule has 0 aliphatic carbocycles. The summed E-state index contributed by atoms with van der Waals surface area (Å²) in [5.41, 5.74) is 3.59. The van der Waals surface area contributed by atoms with Crippen LogP contribution in [-0.2, 0) is 10.0 Å². The van der Waals surface area contributed by atoms with Crippen molar-refractivity contribution in [3.05, 3.63) is 58.9 Å². The van der Waals surface area contributed by atoms with E-state index in [4.69, 9.17) is 0 Å². The van der Waals surface area contributed by atoms with Gasteiger partial charge in [-0.25, -0.2) is 4.83 Å². The second-order valence-corrected chi connectivity index (χ2v) is 9.22. The molecule has 146 valence electrons. The van der Waals surface area contributed by atoms with Crippen molar-refractivity contribution in [3.63, 3.8) is 0 Å². The molecule has 0 atom stereocenters. The highest BCUT2D eigenvalue weighted by atomic mass is 32.2. The van der Waals surface area contributed by atoms with Gasteiger partial charge in [0.2, 0.25) is 0 Å². The average molecular weight is 388 g/mol. The van der Waals surface area contributed by atoms with Gasteiger partial charge in [-0.05, 0) is 52.1 Å². The molecule has 0 saturated heterocycles. The Kier molecular flexibility index (Phi) is 6.76. The largest absolute Gasteiger partial charge is 0.277 e. The van der Waals surface area contributed by atoms with Crippen LogP contribution in [0, 0.1) is 0 Å². The summed E-state index contributed by atoms with van der Waals surface area (Å²) in [6.45, 7) is 12.3. The fourth-order valence-electron chi connectivity index (χ4n) is 2.87. The van der Waals surface area contributed by atoms with Gasteiger partial charge in [0.1, 0.15) is 0 Å². The number of sulfonamides is 1. The highest BCUT2D eigenvalue weighted by Gasteiger charge is 2.26. The van der Waals surface area contributed by atoms with Crippen LogP contribution in [0.2, 0.25) is 0 Å². The monoisotopic (exact) mass is 387 g/mol. The fraction of sp³-hybridized carbons (Fsp3) is 0.429. The summed E-state index contributed by atoms with van der Waals surface area (Å²) in [7, 11) is -3.79.